The maximum Gasteiger partial charge on any atom is 0.290 e. The first-order valence-electron chi connectivity index (χ1n) is 8.05. The molecule has 1 atom stereocenters. The SMILES string of the molecule is Cn1c(=O)c(F)c(Nc2ccc(I)cc2F)c2c(=O)[nH]c(CC(O)CO)nc21. The first-order valence-corrected chi connectivity index (χ1v) is 9.13. The van der Waals surface area contributed by atoms with E-state index < -0.39 is 41.2 Å². The molecule has 0 amide bonds. The Labute approximate surface area is 170 Å². The summed E-state index contributed by atoms with van der Waals surface area (Å²) in [5.41, 5.74) is -2.61. The summed E-state index contributed by atoms with van der Waals surface area (Å²) in [6, 6.07) is 4.14. The maximum absolute atomic E-state index is 14.7. The zero-order chi connectivity index (χ0) is 20.6. The average Bonchev–Trinajstić information content (AvgIpc) is 2.65. The van der Waals surface area contributed by atoms with Gasteiger partial charge in [-0.25, -0.2) is 9.37 Å². The summed E-state index contributed by atoms with van der Waals surface area (Å²) >= 11 is 1.91. The smallest absolute Gasteiger partial charge is 0.290 e. The fourth-order valence-corrected chi connectivity index (χ4v) is 3.12. The number of H-pyrrole nitrogens is 1. The number of aryl methyl sites for hydroxylation is 1. The van der Waals surface area contributed by atoms with Gasteiger partial charge >= 0.3 is 0 Å². The van der Waals surface area contributed by atoms with Crippen LogP contribution in [0.3, 0.4) is 0 Å². The van der Waals surface area contributed by atoms with Crippen LogP contribution in [0.4, 0.5) is 20.2 Å². The fraction of sp³-hybridized carbons (Fsp3) is 0.235. The normalized spacial score (nSPS) is 12.4. The van der Waals surface area contributed by atoms with Gasteiger partial charge in [0, 0.05) is 17.0 Å². The molecule has 0 radical (unpaired) electrons. The number of aliphatic hydroxyl groups is 2. The highest BCUT2D eigenvalue weighted by atomic mass is 127. The third-order valence-electron chi connectivity index (χ3n) is 4.06. The molecule has 0 saturated carbocycles. The zero-order valence-corrected chi connectivity index (χ0v) is 16.6. The lowest BCUT2D eigenvalue weighted by molar-refractivity contribution is 0.0939. The quantitative estimate of drug-likeness (QED) is 0.387. The van der Waals surface area contributed by atoms with Crippen LogP contribution >= 0.6 is 22.6 Å². The third-order valence-corrected chi connectivity index (χ3v) is 4.73. The van der Waals surface area contributed by atoms with Crippen molar-refractivity contribution in [3.63, 3.8) is 0 Å². The van der Waals surface area contributed by atoms with Gasteiger partial charge in [-0.05, 0) is 40.8 Å². The van der Waals surface area contributed by atoms with Crippen LogP contribution < -0.4 is 16.4 Å². The fourth-order valence-electron chi connectivity index (χ4n) is 2.66. The van der Waals surface area contributed by atoms with E-state index in [4.69, 9.17) is 5.11 Å². The van der Waals surface area contributed by atoms with Crippen LogP contribution in [0.1, 0.15) is 5.82 Å². The standard InChI is InChI=1S/C17H15F2IN4O4/c1-24-15-12(16(27)23-11(22-15)5-8(26)6-25)14(13(19)17(24)28)21-10-3-2-7(20)4-9(10)18/h2-4,8,21,25-26H,5-6H2,1H3,(H,22,23,27). The Morgan fingerprint density at radius 3 is 2.71 bits per heavy atom. The summed E-state index contributed by atoms with van der Waals surface area (Å²) in [4.78, 5) is 31.3. The van der Waals surface area contributed by atoms with Crippen molar-refractivity contribution in [2.75, 3.05) is 11.9 Å². The molecule has 0 aliphatic heterocycles. The van der Waals surface area contributed by atoms with Crippen molar-refractivity contribution in [1.82, 2.24) is 14.5 Å². The van der Waals surface area contributed by atoms with Gasteiger partial charge in [-0.1, -0.05) is 0 Å². The summed E-state index contributed by atoms with van der Waals surface area (Å²) in [6.07, 6.45) is -1.35. The van der Waals surface area contributed by atoms with Crippen molar-refractivity contribution in [3.8, 4) is 0 Å². The van der Waals surface area contributed by atoms with Crippen LogP contribution in [0.25, 0.3) is 11.0 Å². The lowest BCUT2D eigenvalue weighted by atomic mass is 10.2. The molecular weight excluding hydrogens is 489 g/mol. The van der Waals surface area contributed by atoms with Crippen molar-refractivity contribution in [3.05, 3.63) is 59.9 Å². The van der Waals surface area contributed by atoms with Crippen LogP contribution in [0.15, 0.2) is 27.8 Å². The van der Waals surface area contributed by atoms with Gasteiger partial charge in [-0.15, -0.1) is 0 Å². The van der Waals surface area contributed by atoms with Gasteiger partial charge in [0.05, 0.1) is 24.1 Å². The maximum atomic E-state index is 14.7. The molecule has 2 heterocycles. The predicted octanol–water partition coefficient (Wildman–Crippen LogP) is 1.14. The van der Waals surface area contributed by atoms with Crippen LogP contribution in [-0.4, -0.2) is 37.5 Å². The van der Waals surface area contributed by atoms with Crippen LogP contribution in [0, 0.1) is 15.2 Å². The van der Waals surface area contributed by atoms with Gasteiger partial charge in [0.15, 0.2) is 5.65 Å². The molecule has 148 valence electrons. The van der Waals surface area contributed by atoms with Crippen LogP contribution in [0.5, 0.6) is 0 Å². The summed E-state index contributed by atoms with van der Waals surface area (Å²) in [7, 11) is 1.24. The van der Waals surface area contributed by atoms with E-state index in [0.29, 0.717) is 3.57 Å². The molecule has 0 aliphatic carbocycles. The number of rotatable bonds is 5. The molecule has 0 bridgehead atoms. The minimum atomic E-state index is -1.26. The van der Waals surface area contributed by atoms with E-state index in [1.165, 1.54) is 19.2 Å². The van der Waals surface area contributed by atoms with E-state index in [9.17, 15) is 23.5 Å². The van der Waals surface area contributed by atoms with Crippen molar-refractivity contribution in [1.29, 1.82) is 0 Å². The Balaban J connectivity index is 2.25. The molecule has 1 unspecified atom stereocenters. The number of pyridine rings is 1. The lowest BCUT2D eigenvalue weighted by Gasteiger charge is -2.14. The number of anilines is 2. The number of hydrogen-bond acceptors (Lipinski definition) is 6. The second kappa shape index (κ2) is 7.93. The number of aromatic nitrogens is 3. The highest BCUT2D eigenvalue weighted by Crippen LogP contribution is 2.26. The number of fused-ring (bicyclic) bond motifs is 1. The molecule has 28 heavy (non-hydrogen) atoms. The summed E-state index contributed by atoms with van der Waals surface area (Å²) in [5.74, 6) is -1.94. The number of benzene rings is 1. The molecule has 3 aromatic rings. The molecule has 4 N–H and O–H groups in total. The topological polar surface area (TPSA) is 120 Å². The van der Waals surface area contributed by atoms with E-state index in [0.717, 1.165) is 4.57 Å². The lowest BCUT2D eigenvalue weighted by Crippen LogP contribution is -2.28. The molecule has 1 aromatic carbocycles. The number of hydrogen-bond donors (Lipinski definition) is 4. The van der Waals surface area contributed by atoms with Gasteiger partial charge in [0.2, 0.25) is 5.82 Å². The van der Waals surface area contributed by atoms with Gasteiger partial charge in [0.1, 0.15) is 17.0 Å². The summed E-state index contributed by atoms with van der Waals surface area (Å²) < 4.78 is 30.3. The highest BCUT2D eigenvalue weighted by Gasteiger charge is 2.21. The van der Waals surface area contributed by atoms with E-state index in [2.05, 4.69) is 15.3 Å². The zero-order valence-electron chi connectivity index (χ0n) is 14.5. The van der Waals surface area contributed by atoms with Gasteiger partial charge < -0.3 is 20.5 Å². The number of aromatic amines is 1. The van der Waals surface area contributed by atoms with Crippen LogP contribution in [0.2, 0.25) is 0 Å². The van der Waals surface area contributed by atoms with E-state index >= 15 is 0 Å². The highest BCUT2D eigenvalue weighted by molar-refractivity contribution is 14.1. The van der Waals surface area contributed by atoms with Crippen molar-refractivity contribution in [2.24, 2.45) is 7.05 Å². The number of nitrogens with zero attached hydrogens (tertiary/aromatic N) is 2. The van der Waals surface area contributed by atoms with E-state index in [1.807, 2.05) is 22.6 Å². The van der Waals surface area contributed by atoms with E-state index in [1.54, 1.807) is 6.07 Å². The number of halogens is 3. The summed E-state index contributed by atoms with van der Waals surface area (Å²) in [5, 5.41) is 20.7. The first kappa shape index (κ1) is 20.4. The largest absolute Gasteiger partial charge is 0.394 e. The second-order valence-electron chi connectivity index (χ2n) is 6.05. The molecule has 3 rings (SSSR count). The van der Waals surface area contributed by atoms with Gasteiger partial charge in [-0.3, -0.25) is 14.2 Å². The second-order valence-corrected chi connectivity index (χ2v) is 7.30. The Morgan fingerprint density at radius 2 is 2.07 bits per heavy atom. The van der Waals surface area contributed by atoms with Gasteiger partial charge in [-0.2, -0.15) is 4.39 Å². The molecule has 8 nitrogen and oxygen atoms in total. The Hall–Kier alpha value is -2.38. The number of nitrogens with one attached hydrogen (secondary N) is 2. The third kappa shape index (κ3) is 3.77. The Bertz CT molecular complexity index is 1180. The Kier molecular flexibility index (Phi) is 5.76. The Morgan fingerprint density at radius 1 is 1.36 bits per heavy atom. The molecule has 11 heteroatoms. The van der Waals surface area contributed by atoms with Crippen molar-refractivity contribution in [2.45, 2.75) is 12.5 Å². The predicted molar refractivity (Wildman–Crippen MR) is 107 cm³/mol. The monoisotopic (exact) mass is 504 g/mol. The molecule has 2 aromatic heterocycles. The summed E-state index contributed by atoms with van der Waals surface area (Å²) in [6.45, 7) is -0.553. The van der Waals surface area contributed by atoms with Crippen LogP contribution in [-0.2, 0) is 13.5 Å². The minimum Gasteiger partial charge on any atom is -0.394 e. The first-order chi connectivity index (χ1) is 13.2. The average molecular weight is 504 g/mol. The van der Waals surface area contributed by atoms with E-state index in [-0.39, 0.29) is 29.0 Å². The molecule has 0 saturated heterocycles. The minimum absolute atomic E-state index is 0.00653. The molecular formula is C17H15F2IN4O4. The van der Waals surface area contributed by atoms with Gasteiger partial charge in [0.25, 0.3) is 11.1 Å². The molecule has 0 fully saturated rings. The molecule has 0 aliphatic rings. The number of aliphatic hydroxyl groups excluding tert-OH is 2. The van der Waals surface area contributed by atoms with Crippen molar-refractivity contribution >= 4 is 45.0 Å². The van der Waals surface area contributed by atoms with Crippen molar-refractivity contribution < 1.29 is 19.0 Å². The molecule has 0 spiro atoms.